The molecule has 1 atom stereocenters. The van der Waals surface area contributed by atoms with Gasteiger partial charge in [-0.15, -0.1) is 0 Å². The summed E-state index contributed by atoms with van der Waals surface area (Å²) >= 11 is 5.00. The predicted molar refractivity (Wildman–Crippen MR) is 64.2 cm³/mol. The highest BCUT2D eigenvalue weighted by atomic mass is 32.1. The average molecular weight is 231 g/mol. The van der Waals surface area contributed by atoms with Gasteiger partial charge in [0.05, 0.1) is 6.54 Å². The Morgan fingerprint density at radius 2 is 2.20 bits per heavy atom. The fourth-order valence-corrected chi connectivity index (χ4v) is 1.09. The zero-order chi connectivity index (χ0) is 11.8. The lowest BCUT2D eigenvalue weighted by Gasteiger charge is -2.08. The Kier molecular flexibility index (Phi) is 6.81. The number of carboxylic acids is 1. The number of thiocarbonyl (C=S) groups is 1. The zero-order valence-corrected chi connectivity index (χ0v) is 9.59. The summed E-state index contributed by atoms with van der Waals surface area (Å²) in [5.74, 6) is -0.838. The molecule has 0 aromatic rings. The van der Waals surface area contributed by atoms with Crippen molar-refractivity contribution in [2.24, 2.45) is 16.5 Å². The molecule has 0 heterocycles. The van der Waals surface area contributed by atoms with Crippen molar-refractivity contribution in [2.75, 3.05) is 6.54 Å². The number of rotatable bonds is 7. The summed E-state index contributed by atoms with van der Waals surface area (Å²) in [6.45, 7) is 2.01. The Hall–Kier alpha value is -1.01. The molecule has 5 nitrogen and oxygen atoms in total. The lowest BCUT2D eigenvalue weighted by Crippen LogP contribution is -2.28. The molecule has 6 heteroatoms. The first kappa shape index (κ1) is 14.0. The predicted octanol–water partition coefficient (Wildman–Crippen LogP) is 0.316. The SMILES string of the molecule is CCC(=S)CC[C@H](N=C(N)CN)C(=O)O. The molecule has 86 valence electrons. The number of hydrogen-bond acceptors (Lipinski definition) is 4. The van der Waals surface area contributed by atoms with Crippen molar-refractivity contribution in [3.8, 4) is 0 Å². The van der Waals surface area contributed by atoms with Gasteiger partial charge in [0, 0.05) is 0 Å². The Morgan fingerprint density at radius 1 is 1.60 bits per heavy atom. The lowest BCUT2D eigenvalue weighted by molar-refractivity contribution is -0.138. The fourth-order valence-electron chi connectivity index (χ4n) is 0.971. The van der Waals surface area contributed by atoms with E-state index < -0.39 is 12.0 Å². The van der Waals surface area contributed by atoms with Crippen molar-refractivity contribution in [3.63, 3.8) is 0 Å². The maximum atomic E-state index is 10.8. The van der Waals surface area contributed by atoms with Crippen LogP contribution in [0.5, 0.6) is 0 Å². The van der Waals surface area contributed by atoms with E-state index in [2.05, 4.69) is 4.99 Å². The molecular formula is C9H17N3O2S. The van der Waals surface area contributed by atoms with Crippen LogP contribution >= 0.6 is 12.2 Å². The summed E-state index contributed by atoms with van der Waals surface area (Å²) in [5, 5.41) is 8.86. The Balaban J connectivity index is 4.30. The Bertz CT molecular complexity index is 266. The van der Waals surface area contributed by atoms with Gasteiger partial charge in [-0.3, -0.25) is 4.99 Å². The normalized spacial score (nSPS) is 13.6. The molecule has 0 unspecified atom stereocenters. The number of carboxylic acid groups (broad SMARTS) is 1. The van der Waals surface area contributed by atoms with Crippen LogP contribution in [0.1, 0.15) is 26.2 Å². The summed E-state index contributed by atoms with van der Waals surface area (Å²) in [5.41, 5.74) is 10.6. The summed E-state index contributed by atoms with van der Waals surface area (Å²) < 4.78 is 0. The van der Waals surface area contributed by atoms with Crippen molar-refractivity contribution in [2.45, 2.75) is 32.2 Å². The molecule has 15 heavy (non-hydrogen) atoms. The van der Waals surface area contributed by atoms with Gasteiger partial charge in [-0.05, 0) is 24.1 Å². The molecule has 0 rings (SSSR count). The van der Waals surface area contributed by atoms with Gasteiger partial charge in [0.25, 0.3) is 0 Å². The van der Waals surface area contributed by atoms with Crippen molar-refractivity contribution >= 4 is 28.9 Å². The first-order chi connectivity index (χ1) is 7.01. The van der Waals surface area contributed by atoms with E-state index in [-0.39, 0.29) is 12.4 Å². The highest BCUT2D eigenvalue weighted by Crippen LogP contribution is 2.06. The molecule has 0 radical (unpaired) electrons. The molecule has 0 aliphatic heterocycles. The topological polar surface area (TPSA) is 102 Å². The molecule has 0 fully saturated rings. The lowest BCUT2D eigenvalue weighted by atomic mass is 10.1. The summed E-state index contributed by atoms with van der Waals surface area (Å²) in [6.07, 6.45) is 1.73. The molecule has 0 aliphatic carbocycles. The van der Waals surface area contributed by atoms with Crippen LogP contribution in [0.4, 0.5) is 0 Å². The summed E-state index contributed by atoms with van der Waals surface area (Å²) in [4.78, 5) is 15.5. The minimum absolute atomic E-state index is 0.0714. The number of aliphatic imine (C=N–C) groups is 1. The molecule has 0 spiro atoms. The maximum Gasteiger partial charge on any atom is 0.328 e. The third-order valence-electron chi connectivity index (χ3n) is 1.91. The standard InChI is InChI=1S/C9H17N3O2S/c1-2-6(15)3-4-7(9(13)14)12-8(11)5-10/h7H,2-5,10H2,1H3,(H2,11,12)(H,13,14)/t7-/m0/s1. The molecule has 0 bridgehead atoms. The Labute approximate surface area is 94.5 Å². The van der Waals surface area contributed by atoms with E-state index in [0.29, 0.717) is 12.8 Å². The third-order valence-corrected chi connectivity index (χ3v) is 2.40. The number of hydrogen-bond donors (Lipinski definition) is 3. The highest BCUT2D eigenvalue weighted by Gasteiger charge is 2.16. The van der Waals surface area contributed by atoms with Crippen LogP contribution in [-0.4, -0.2) is 34.4 Å². The molecule has 0 saturated carbocycles. The van der Waals surface area contributed by atoms with Crippen LogP contribution in [0.15, 0.2) is 4.99 Å². The van der Waals surface area contributed by atoms with E-state index in [1.807, 2.05) is 6.92 Å². The van der Waals surface area contributed by atoms with E-state index >= 15 is 0 Å². The van der Waals surface area contributed by atoms with Crippen molar-refractivity contribution < 1.29 is 9.90 Å². The van der Waals surface area contributed by atoms with Crippen molar-refractivity contribution in [3.05, 3.63) is 0 Å². The maximum absolute atomic E-state index is 10.8. The monoisotopic (exact) mass is 231 g/mol. The van der Waals surface area contributed by atoms with E-state index in [9.17, 15) is 4.79 Å². The quantitative estimate of drug-likeness (QED) is 0.332. The van der Waals surface area contributed by atoms with Crippen LogP contribution in [-0.2, 0) is 4.79 Å². The van der Waals surface area contributed by atoms with Crippen molar-refractivity contribution in [1.82, 2.24) is 0 Å². The highest BCUT2D eigenvalue weighted by molar-refractivity contribution is 7.80. The molecule has 0 amide bonds. The van der Waals surface area contributed by atoms with Crippen LogP contribution in [0, 0.1) is 0 Å². The number of carbonyl (C=O) groups is 1. The van der Waals surface area contributed by atoms with Gasteiger partial charge in [-0.1, -0.05) is 19.1 Å². The van der Waals surface area contributed by atoms with Crippen LogP contribution in [0.2, 0.25) is 0 Å². The number of nitrogens with zero attached hydrogens (tertiary/aromatic N) is 1. The third kappa shape index (κ3) is 6.14. The average Bonchev–Trinajstić information content (AvgIpc) is 2.22. The van der Waals surface area contributed by atoms with Gasteiger partial charge < -0.3 is 16.6 Å². The van der Waals surface area contributed by atoms with Gasteiger partial charge >= 0.3 is 5.97 Å². The summed E-state index contributed by atoms with van der Waals surface area (Å²) in [6, 6.07) is -0.835. The second-order valence-electron chi connectivity index (χ2n) is 3.11. The van der Waals surface area contributed by atoms with Crippen molar-refractivity contribution in [1.29, 1.82) is 0 Å². The summed E-state index contributed by atoms with van der Waals surface area (Å²) in [7, 11) is 0. The zero-order valence-electron chi connectivity index (χ0n) is 8.77. The van der Waals surface area contributed by atoms with Gasteiger partial charge in [-0.25, -0.2) is 4.79 Å². The van der Waals surface area contributed by atoms with Gasteiger partial charge in [-0.2, -0.15) is 0 Å². The smallest absolute Gasteiger partial charge is 0.328 e. The number of aliphatic carboxylic acids is 1. The molecule has 0 aromatic heterocycles. The van der Waals surface area contributed by atoms with E-state index in [1.165, 1.54) is 0 Å². The Morgan fingerprint density at radius 3 is 2.60 bits per heavy atom. The number of amidine groups is 1. The number of nitrogens with two attached hydrogens (primary N) is 2. The molecule has 5 N–H and O–H groups in total. The van der Waals surface area contributed by atoms with E-state index in [4.69, 9.17) is 28.8 Å². The van der Waals surface area contributed by atoms with E-state index in [0.717, 1.165) is 11.3 Å². The van der Waals surface area contributed by atoms with Gasteiger partial charge in [0.2, 0.25) is 0 Å². The molecular weight excluding hydrogens is 214 g/mol. The van der Waals surface area contributed by atoms with E-state index in [1.54, 1.807) is 0 Å². The molecule has 0 saturated heterocycles. The fraction of sp³-hybridized carbons (Fsp3) is 0.667. The minimum atomic E-state index is -0.995. The second kappa shape index (κ2) is 7.30. The second-order valence-corrected chi connectivity index (χ2v) is 3.69. The minimum Gasteiger partial charge on any atom is -0.480 e. The van der Waals surface area contributed by atoms with Gasteiger partial charge in [0.15, 0.2) is 0 Å². The van der Waals surface area contributed by atoms with Gasteiger partial charge in [0.1, 0.15) is 11.9 Å². The van der Waals surface area contributed by atoms with Crippen LogP contribution < -0.4 is 11.5 Å². The van der Waals surface area contributed by atoms with Crippen LogP contribution in [0.3, 0.4) is 0 Å². The first-order valence-electron chi connectivity index (χ1n) is 4.78. The largest absolute Gasteiger partial charge is 0.480 e. The molecule has 0 aromatic carbocycles. The first-order valence-corrected chi connectivity index (χ1v) is 5.18. The molecule has 0 aliphatic rings. The van der Waals surface area contributed by atoms with Crippen LogP contribution in [0.25, 0.3) is 0 Å².